The quantitative estimate of drug-likeness (QED) is 0.775. The molecule has 25 heavy (non-hydrogen) atoms. The number of fused-ring (bicyclic) bond motifs is 5. The second-order valence-electron chi connectivity index (χ2n) is 9.40. The molecule has 136 valence electrons. The lowest BCUT2D eigenvalue weighted by molar-refractivity contribution is -0.131. The minimum atomic E-state index is -0.328. The molecule has 0 aromatic carbocycles. The minimum Gasteiger partial charge on any atom is -0.389 e. The molecule has 2 saturated carbocycles. The first-order valence-corrected chi connectivity index (χ1v) is 9.89. The van der Waals surface area contributed by atoms with E-state index in [1.165, 1.54) is 5.57 Å². The first-order chi connectivity index (χ1) is 11.8. The monoisotopic (exact) mass is 342 g/mol. The lowest BCUT2D eigenvalue weighted by atomic mass is 9.51. The number of rotatable bonds is 2. The van der Waals surface area contributed by atoms with E-state index in [4.69, 9.17) is 0 Å². The molecule has 0 amide bonds. The zero-order valence-electron chi connectivity index (χ0n) is 15.7. The molecule has 0 radical (unpaired) electrons. The van der Waals surface area contributed by atoms with E-state index in [-0.39, 0.29) is 34.9 Å². The molecule has 3 heteroatoms. The van der Waals surface area contributed by atoms with Gasteiger partial charge in [0, 0.05) is 17.8 Å². The molecule has 0 aliphatic heterocycles. The average molecular weight is 342 g/mol. The average Bonchev–Trinajstić information content (AvgIpc) is 2.85. The largest absolute Gasteiger partial charge is 0.389 e. The summed E-state index contributed by atoms with van der Waals surface area (Å²) in [6.07, 6.45) is 10.1. The predicted octanol–water partition coefficient (Wildman–Crippen LogP) is 3.86. The smallest absolute Gasteiger partial charge is 0.162 e. The molecule has 3 nitrogen and oxygen atoms in total. The normalized spacial score (nSPS) is 45.8. The van der Waals surface area contributed by atoms with Crippen molar-refractivity contribution in [2.24, 2.45) is 34.5 Å². The van der Waals surface area contributed by atoms with E-state index >= 15 is 0 Å². The lowest BCUT2D eigenvalue weighted by Gasteiger charge is -2.53. The summed E-state index contributed by atoms with van der Waals surface area (Å²) in [5.41, 5.74) is 2.92. The summed E-state index contributed by atoms with van der Waals surface area (Å²) in [6, 6.07) is 0. The van der Waals surface area contributed by atoms with Crippen LogP contribution in [0.4, 0.5) is 0 Å². The highest BCUT2D eigenvalue weighted by molar-refractivity contribution is 5.92. The summed E-state index contributed by atoms with van der Waals surface area (Å²) < 4.78 is 0. The summed E-state index contributed by atoms with van der Waals surface area (Å²) in [7, 11) is 0. The van der Waals surface area contributed by atoms with Crippen molar-refractivity contribution in [1.29, 1.82) is 0 Å². The standard InChI is InChI=1S/C22H30O3/c1-13-10-18-16-5-4-14-11-15(24)6-8-21(14,2)17(16)7-9-22(18,3)20(13)19(25)12-23/h7,11,13,16,18,20,23H,4-6,8-10,12H2,1-3H3/t13-,16?,18?,20?,21+,22?/m1/s1. The number of Topliss-reactive ketones (excluding diaryl/α,β-unsaturated/α-hetero) is 1. The Bertz CT molecular complexity index is 687. The number of aliphatic hydroxyl groups excluding tert-OH is 1. The first-order valence-electron chi connectivity index (χ1n) is 9.89. The van der Waals surface area contributed by atoms with Gasteiger partial charge in [-0.1, -0.05) is 38.0 Å². The third-order valence-corrected chi connectivity index (χ3v) is 8.18. The van der Waals surface area contributed by atoms with Crippen LogP contribution in [0.2, 0.25) is 0 Å². The Kier molecular flexibility index (Phi) is 3.88. The summed E-state index contributed by atoms with van der Waals surface area (Å²) >= 11 is 0. The van der Waals surface area contributed by atoms with Gasteiger partial charge in [-0.05, 0) is 61.3 Å². The van der Waals surface area contributed by atoms with Gasteiger partial charge < -0.3 is 5.11 Å². The summed E-state index contributed by atoms with van der Waals surface area (Å²) in [5.74, 6) is 1.71. The van der Waals surface area contributed by atoms with Gasteiger partial charge in [-0.15, -0.1) is 0 Å². The molecule has 0 aromatic heterocycles. The Morgan fingerprint density at radius 2 is 2.08 bits per heavy atom. The molecule has 2 fully saturated rings. The molecule has 1 N–H and O–H groups in total. The van der Waals surface area contributed by atoms with E-state index in [1.807, 2.05) is 6.08 Å². The van der Waals surface area contributed by atoms with Gasteiger partial charge in [-0.3, -0.25) is 9.59 Å². The first kappa shape index (κ1) is 17.2. The maximum Gasteiger partial charge on any atom is 0.162 e. The molecule has 0 aromatic rings. The van der Waals surface area contributed by atoms with Crippen molar-refractivity contribution in [3.8, 4) is 0 Å². The predicted molar refractivity (Wildman–Crippen MR) is 96.8 cm³/mol. The molecule has 6 atom stereocenters. The fourth-order valence-corrected chi connectivity index (χ4v) is 7.01. The van der Waals surface area contributed by atoms with Crippen LogP contribution in [-0.2, 0) is 9.59 Å². The van der Waals surface area contributed by atoms with Gasteiger partial charge in [0.2, 0.25) is 0 Å². The van der Waals surface area contributed by atoms with E-state index in [0.29, 0.717) is 24.2 Å². The third kappa shape index (κ3) is 2.27. The zero-order chi connectivity index (χ0) is 18.0. The number of hydrogen-bond donors (Lipinski definition) is 1. The van der Waals surface area contributed by atoms with E-state index in [1.54, 1.807) is 5.57 Å². The van der Waals surface area contributed by atoms with E-state index in [2.05, 4.69) is 26.8 Å². The molecule has 4 aliphatic carbocycles. The van der Waals surface area contributed by atoms with Crippen molar-refractivity contribution in [1.82, 2.24) is 0 Å². The molecule has 4 unspecified atom stereocenters. The van der Waals surface area contributed by atoms with Gasteiger partial charge in [-0.2, -0.15) is 0 Å². The van der Waals surface area contributed by atoms with Crippen LogP contribution in [0.3, 0.4) is 0 Å². The summed E-state index contributed by atoms with van der Waals surface area (Å²) in [4.78, 5) is 24.3. The van der Waals surface area contributed by atoms with Gasteiger partial charge in [0.25, 0.3) is 0 Å². The third-order valence-electron chi connectivity index (χ3n) is 8.18. The second-order valence-corrected chi connectivity index (χ2v) is 9.40. The van der Waals surface area contributed by atoms with Crippen LogP contribution in [-0.4, -0.2) is 23.3 Å². The fraction of sp³-hybridized carbons (Fsp3) is 0.727. The lowest BCUT2D eigenvalue weighted by Crippen LogP contribution is -2.46. The highest BCUT2D eigenvalue weighted by Crippen LogP contribution is 2.65. The maximum absolute atomic E-state index is 12.5. The van der Waals surface area contributed by atoms with Crippen molar-refractivity contribution in [3.05, 3.63) is 23.3 Å². The van der Waals surface area contributed by atoms with Crippen molar-refractivity contribution >= 4 is 11.6 Å². The number of ketones is 2. The van der Waals surface area contributed by atoms with Crippen LogP contribution in [0.5, 0.6) is 0 Å². The number of hydrogen-bond acceptors (Lipinski definition) is 3. The molecule has 0 bridgehead atoms. The molecular weight excluding hydrogens is 312 g/mol. The SMILES string of the molecule is C[C@@H]1CC2C3CCC4=CC(=O)CC[C@]4(C)C3=CCC2(C)C1C(=O)CO. The Balaban J connectivity index is 1.74. The van der Waals surface area contributed by atoms with E-state index in [9.17, 15) is 14.7 Å². The van der Waals surface area contributed by atoms with Crippen LogP contribution in [0.15, 0.2) is 23.3 Å². The van der Waals surface area contributed by atoms with Crippen molar-refractivity contribution in [2.45, 2.75) is 59.3 Å². The Morgan fingerprint density at radius 3 is 2.80 bits per heavy atom. The van der Waals surface area contributed by atoms with Crippen LogP contribution >= 0.6 is 0 Å². The van der Waals surface area contributed by atoms with Crippen molar-refractivity contribution in [3.63, 3.8) is 0 Å². The van der Waals surface area contributed by atoms with Crippen LogP contribution in [0.25, 0.3) is 0 Å². The van der Waals surface area contributed by atoms with Gasteiger partial charge in [0.05, 0.1) is 0 Å². The molecule has 4 rings (SSSR count). The van der Waals surface area contributed by atoms with Gasteiger partial charge >= 0.3 is 0 Å². The van der Waals surface area contributed by atoms with Gasteiger partial charge in [-0.25, -0.2) is 0 Å². The molecule has 4 aliphatic rings. The van der Waals surface area contributed by atoms with Gasteiger partial charge in [0.1, 0.15) is 6.61 Å². The Morgan fingerprint density at radius 1 is 1.32 bits per heavy atom. The number of allylic oxidation sites excluding steroid dienone is 4. The number of carbonyl (C=O) groups is 2. The maximum atomic E-state index is 12.5. The highest BCUT2D eigenvalue weighted by atomic mass is 16.3. The Labute approximate surface area is 150 Å². The van der Waals surface area contributed by atoms with Crippen LogP contribution < -0.4 is 0 Å². The summed E-state index contributed by atoms with van der Waals surface area (Å²) in [6.45, 7) is 6.48. The topological polar surface area (TPSA) is 54.4 Å². The number of aliphatic hydroxyl groups is 1. The van der Waals surface area contributed by atoms with E-state index in [0.717, 1.165) is 32.1 Å². The van der Waals surface area contributed by atoms with Crippen molar-refractivity contribution in [2.75, 3.05) is 6.61 Å². The minimum absolute atomic E-state index is 0.0158. The molecule has 0 saturated heterocycles. The summed E-state index contributed by atoms with van der Waals surface area (Å²) in [5, 5.41) is 9.47. The number of carbonyl (C=O) groups excluding carboxylic acids is 2. The highest BCUT2D eigenvalue weighted by Gasteiger charge is 2.59. The molecule has 0 heterocycles. The second kappa shape index (κ2) is 5.64. The zero-order valence-corrected chi connectivity index (χ0v) is 15.7. The molecular formula is C22H30O3. The van der Waals surface area contributed by atoms with Gasteiger partial charge in [0.15, 0.2) is 11.6 Å². The fourth-order valence-electron chi connectivity index (χ4n) is 7.01. The van der Waals surface area contributed by atoms with Crippen LogP contribution in [0, 0.1) is 34.5 Å². The van der Waals surface area contributed by atoms with Crippen LogP contribution in [0.1, 0.15) is 59.3 Å². The van der Waals surface area contributed by atoms with E-state index < -0.39 is 0 Å². The molecule has 0 spiro atoms. The van der Waals surface area contributed by atoms with Crippen molar-refractivity contribution < 1.29 is 14.7 Å². The Hall–Kier alpha value is -1.22.